The van der Waals surface area contributed by atoms with Crippen LogP contribution in [-0.2, 0) is 19.0 Å². The third-order valence-corrected chi connectivity index (χ3v) is 6.54. The highest BCUT2D eigenvalue weighted by atomic mass is 16.8. The molecule has 4 fully saturated rings. The van der Waals surface area contributed by atoms with Gasteiger partial charge in [0.15, 0.2) is 5.79 Å². The van der Waals surface area contributed by atoms with Crippen molar-refractivity contribution in [2.75, 3.05) is 0 Å². The SMILES string of the molecule is CC(C)C[C@H]1C(=O)O[C@@H]2O[C@@]3(C)CC[C@H]4[C@H](C)CC[C@@H]1[C@@]24O3. The molecule has 1 spiro atoms. The Labute approximate surface area is 132 Å². The van der Waals surface area contributed by atoms with Crippen LogP contribution in [-0.4, -0.2) is 23.6 Å². The zero-order chi connectivity index (χ0) is 15.7. The third-order valence-electron chi connectivity index (χ3n) is 6.54. The van der Waals surface area contributed by atoms with Crippen molar-refractivity contribution in [3.05, 3.63) is 0 Å². The van der Waals surface area contributed by atoms with E-state index in [0.29, 0.717) is 17.8 Å². The fraction of sp³-hybridized carbons (Fsp3) is 0.944. The molecule has 0 aromatic carbocycles. The molecule has 1 aliphatic carbocycles. The van der Waals surface area contributed by atoms with Crippen LogP contribution in [0.5, 0.6) is 0 Å². The molecule has 124 valence electrons. The maximum Gasteiger partial charge on any atom is 0.311 e. The molecule has 3 heterocycles. The number of ether oxygens (including phenoxy) is 3. The van der Waals surface area contributed by atoms with Gasteiger partial charge in [-0.15, -0.1) is 0 Å². The number of carbonyl (C=O) groups excluding carboxylic acids is 1. The summed E-state index contributed by atoms with van der Waals surface area (Å²) in [6.45, 7) is 8.69. The lowest BCUT2D eigenvalue weighted by Gasteiger charge is -2.56. The fourth-order valence-electron chi connectivity index (χ4n) is 5.65. The first kappa shape index (κ1) is 14.9. The highest BCUT2D eigenvalue weighted by molar-refractivity contribution is 5.74. The summed E-state index contributed by atoms with van der Waals surface area (Å²) in [5.74, 6) is 1.14. The van der Waals surface area contributed by atoms with Crippen LogP contribution in [0.25, 0.3) is 0 Å². The first-order valence-electron chi connectivity index (χ1n) is 8.94. The number of carbonyl (C=O) groups is 1. The molecular weight excluding hydrogens is 280 g/mol. The number of esters is 1. The van der Waals surface area contributed by atoms with E-state index in [4.69, 9.17) is 14.2 Å². The zero-order valence-corrected chi connectivity index (χ0v) is 14.1. The Balaban J connectivity index is 1.76. The minimum atomic E-state index is -0.566. The van der Waals surface area contributed by atoms with E-state index < -0.39 is 17.7 Å². The Morgan fingerprint density at radius 1 is 1.23 bits per heavy atom. The molecule has 0 aromatic rings. The summed E-state index contributed by atoms with van der Waals surface area (Å²) in [4.78, 5) is 12.6. The lowest BCUT2D eigenvalue weighted by atomic mass is 9.56. The average Bonchev–Trinajstić information content (AvgIpc) is 2.64. The van der Waals surface area contributed by atoms with Crippen LogP contribution in [0, 0.1) is 29.6 Å². The molecule has 2 bridgehead atoms. The van der Waals surface area contributed by atoms with Crippen molar-refractivity contribution in [1.29, 1.82) is 0 Å². The summed E-state index contributed by atoms with van der Waals surface area (Å²) >= 11 is 0. The highest BCUT2D eigenvalue weighted by Gasteiger charge is 2.72. The molecule has 0 N–H and O–H groups in total. The van der Waals surface area contributed by atoms with Gasteiger partial charge in [0.25, 0.3) is 0 Å². The van der Waals surface area contributed by atoms with E-state index in [1.165, 1.54) is 6.42 Å². The van der Waals surface area contributed by atoms with Crippen molar-refractivity contribution >= 4 is 5.97 Å². The summed E-state index contributed by atoms with van der Waals surface area (Å²) in [6.07, 6.45) is 4.66. The second-order valence-corrected chi connectivity index (χ2v) is 8.52. The fourth-order valence-corrected chi connectivity index (χ4v) is 5.65. The van der Waals surface area contributed by atoms with Crippen molar-refractivity contribution in [1.82, 2.24) is 0 Å². The Kier molecular flexibility index (Phi) is 3.19. The normalized spacial score (nSPS) is 53.3. The average molecular weight is 308 g/mol. The summed E-state index contributed by atoms with van der Waals surface area (Å²) in [5.41, 5.74) is -0.391. The van der Waals surface area contributed by atoms with E-state index in [-0.39, 0.29) is 17.8 Å². The number of hydrogen-bond acceptors (Lipinski definition) is 4. The van der Waals surface area contributed by atoms with Crippen LogP contribution in [0.15, 0.2) is 0 Å². The summed E-state index contributed by atoms with van der Waals surface area (Å²) in [7, 11) is 0. The second-order valence-electron chi connectivity index (χ2n) is 8.52. The Morgan fingerprint density at radius 2 is 2.00 bits per heavy atom. The van der Waals surface area contributed by atoms with Gasteiger partial charge in [-0.05, 0) is 50.4 Å². The topological polar surface area (TPSA) is 44.8 Å². The molecule has 4 nitrogen and oxygen atoms in total. The Hall–Kier alpha value is -0.610. The summed E-state index contributed by atoms with van der Waals surface area (Å²) in [6, 6.07) is 0. The Bertz CT molecular complexity index is 489. The molecule has 0 radical (unpaired) electrons. The largest absolute Gasteiger partial charge is 0.432 e. The van der Waals surface area contributed by atoms with Gasteiger partial charge < -0.3 is 14.2 Å². The molecule has 0 aromatic heterocycles. The van der Waals surface area contributed by atoms with Crippen LogP contribution in [0.3, 0.4) is 0 Å². The number of rotatable bonds is 2. The van der Waals surface area contributed by atoms with Gasteiger partial charge in [-0.3, -0.25) is 4.79 Å². The summed E-state index contributed by atoms with van der Waals surface area (Å²) in [5, 5.41) is 0. The molecule has 4 aliphatic rings. The van der Waals surface area contributed by atoms with E-state index >= 15 is 0 Å². The predicted molar refractivity (Wildman–Crippen MR) is 80.7 cm³/mol. The molecule has 7 atom stereocenters. The van der Waals surface area contributed by atoms with E-state index in [2.05, 4.69) is 20.8 Å². The van der Waals surface area contributed by atoms with Crippen molar-refractivity contribution in [2.45, 2.75) is 77.5 Å². The minimum Gasteiger partial charge on any atom is -0.432 e. The molecule has 3 saturated heterocycles. The van der Waals surface area contributed by atoms with Crippen LogP contribution in [0.4, 0.5) is 0 Å². The lowest BCUT2D eigenvalue weighted by Crippen LogP contribution is -2.65. The van der Waals surface area contributed by atoms with Crippen molar-refractivity contribution in [3.63, 3.8) is 0 Å². The molecule has 3 aliphatic heterocycles. The monoisotopic (exact) mass is 308 g/mol. The van der Waals surface area contributed by atoms with Crippen LogP contribution in [0.1, 0.15) is 59.8 Å². The zero-order valence-electron chi connectivity index (χ0n) is 14.1. The number of fused-ring (bicyclic) bond motifs is 1. The van der Waals surface area contributed by atoms with Gasteiger partial charge in [-0.2, -0.15) is 0 Å². The van der Waals surface area contributed by atoms with Gasteiger partial charge in [-0.25, -0.2) is 0 Å². The van der Waals surface area contributed by atoms with Crippen molar-refractivity contribution in [3.8, 4) is 0 Å². The second kappa shape index (κ2) is 4.70. The van der Waals surface area contributed by atoms with Crippen molar-refractivity contribution in [2.24, 2.45) is 29.6 Å². The maximum absolute atomic E-state index is 12.6. The van der Waals surface area contributed by atoms with Gasteiger partial charge in [0.1, 0.15) is 5.60 Å². The third kappa shape index (κ3) is 1.86. The standard InChI is InChI=1S/C18H28O4/c1-10(2)9-12-14-6-5-11(3)13-7-8-17(4)21-16(20-15(12)19)18(13,14)22-17/h10-14,16H,5-9H2,1-4H3/t11-,12-,13+,14+,16-,17-,18-/m1/s1. The maximum atomic E-state index is 12.6. The van der Waals surface area contributed by atoms with Gasteiger partial charge >= 0.3 is 5.97 Å². The van der Waals surface area contributed by atoms with E-state index in [1.807, 2.05) is 6.92 Å². The van der Waals surface area contributed by atoms with E-state index in [1.54, 1.807) is 0 Å². The van der Waals surface area contributed by atoms with Crippen molar-refractivity contribution < 1.29 is 19.0 Å². The molecule has 4 heteroatoms. The molecule has 0 amide bonds. The highest BCUT2D eigenvalue weighted by Crippen LogP contribution is 2.63. The van der Waals surface area contributed by atoms with E-state index in [0.717, 1.165) is 25.7 Å². The smallest absolute Gasteiger partial charge is 0.311 e. The first-order valence-corrected chi connectivity index (χ1v) is 8.94. The summed E-state index contributed by atoms with van der Waals surface area (Å²) < 4.78 is 18.5. The predicted octanol–water partition coefficient (Wildman–Crippen LogP) is 3.49. The lowest BCUT2D eigenvalue weighted by molar-refractivity contribution is -0.265. The number of hydrogen-bond donors (Lipinski definition) is 0. The van der Waals surface area contributed by atoms with Crippen LogP contribution in [0.2, 0.25) is 0 Å². The quantitative estimate of drug-likeness (QED) is 0.733. The van der Waals surface area contributed by atoms with Crippen LogP contribution < -0.4 is 0 Å². The van der Waals surface area contributed by atoms with Crippen LogP contribution >= 0.6 is 0 Å². The molecule has 1 saturated carbocycles. The molecule has 0 unspecified atom stereocenters. The van der Waals surface area contributed by atoms with Gasteiger partial charge in [0.2, 0.25) is 6.29 Å². The van der Waals surface area contributed by atoms with Gasteiger partial charge in [0, 0.05) is 12.3 Å². The van der Waals surface area contributed by atoms with E-state index in [9.17, 15) is 4.79 Å². The molecule has 4 rings (SSSR count). The molecular formula is C18H28O4. The first-order chi connectivity index (χ1) is 10.4. The molecule has 22 heavy (non-hydrogen) atoms. The van der Waals surface area contributed by atoms with Gasteiger partial charge in [0.05, 0.1) is 5.92 Å². The minimum absolute atomic E-state index is 0.0321. The Morgan fingerprint density at radius 3 is 2.73 bits per heavy atom. The van der Waals surface area contributed by atoms with Gasteiger partial charge in [-0.1, -0.05) is 20.8 Å².